The molecule has 2 aromatic rings. The van der Waals surface area contributed by atoms with Crippen molar-refractivity contribution >= 4 is 33.9 Å². The van der Waals surface area contributed by atoms with Crippen molar-refractivity contribution in [2.45, 2.75) is 0 Å². The van der Waals surface area contributed by atoms with E-state index in [-0.39, 0.29) is 18.4 Å². The van der Waals surface area contributed by atoms with Crippen molar-refractivity contribution in [2.24, 2.45) is 4.99 Å². The van der Waals surface area contributed by atoms with Crippen LogP contribution in [0.15, 0.2) is 51.6 Å². The molecular formula is C18H12BrNO5. The average molecular weight is 402 g/mol. The average Bonchev–Trinajstić information content (AvgIpc) is 3.21. The number of carbonyl (C=O) groups is 1. The number of fused-ring (bicyclic) bond motifs is 1. The molecule has 0 fully saturated rings. The number of methoxy groups -OCH3 is 1. The fraction of sp³-hybridized carbons (Fsp3) is 0.111. The maximum atomic E-state index is 12.1. The van der Waals surface area contributed by atoms with E-state index in [2.05, 4.69) is 20.9 Å². The highest BCUT2D eigenvalue weighted by molar-refractivity contribution is 9.10. The van der Waals surface area contributed by atoms with E-state index in [1.165, 1.54) is 0 Å². The van der Waals surface area contributed by atoms with E-state index >= 15 is 0 Å². The first-order chi connectivity index (χ1) is 12.1. The molecule has 0 spiro atoms. The quantitative estimate of drug-likeness (QED) is 0.581. The van der Waals surface area contributed by atoms with E-state index in [1.54, 1.807) is 37.5 Å². The predicted molar refractivity (Wildman–Crippen MR) is 93.9 cm³/mol. The van der Waals surface area contributed by atoms with Gasteiger partial charge in [-0.15, -0.1) is 0 Å². The van der Waals surface area contributed by atoms with Crippen LogP contribution in [-0.4, -0.2) is 25.8 Å². The minimum absolute atomic E-state index is 0.183. The lowest BCUT2D eigenvalue weighted by Gasteiger charge is -2.03. The van der Waals surface area contributed by atoms with Crippen LogP contribution in [0.2, 0.25) is 0 Å². The monoisotopic (exact) mass is 401 g/mol. The van der Waals surface area contributed by atoms with Crippen LogP contribution in [0.25, 0.3) is 6.08 Å². The largest absolute Gasteiger partial charge is 0.496 e. The number of rotatable bonds is 3. The second-order valence-corrected chi connectivity index (χ2v) is 6.15. The van der Waals surface area contributed by atoms with Crippen molar-refractivity contribution in [2.75, 3.05) is 13.9 Å². The summed E-state index contributed by atoms with van der Waals surface area (Å²) in [6.07, 6.45) is 1.66. The highest BCUT2D eigenvalue weighted by atomic mass is 79.9. The molecule has 7 heteroatoms. The van der Waals surface area contributed by atoms with Crippen molar-refractivity contribution in [1.29, 1.82) is 0 Å². The van der Waals surface area contributed by atoms with Gasteiger partial charge in [0.1, 0.15) is 5.75 Å². The lowest BCUT2D eigenvalue weighted by Crippen LogP contribution is -2.05. The third kappa shape index (κ3) is 2.98. The van der Waals surface area contributed by atoms with Crippen LogP contribution in [0.4, 0.5) is 0 Å². The van der Waals surface area contributed by atoms with Gasteiger partial charge in [-0.05, 0) is 57.9 Å². The molecule has 2 aliphatic rings. The lowest BCUT2D eigenvalue weighted by atomic mass is 10.2. The van der Waals surface area contributed by atoms with Gasteiger partial charge >= 0.3 is 5.97 Å². The van der Waals surface area contributed by atoms with Crippen LogP contribution in [0.5, 0.6) is 17.2 Å². The fourth-order valence-electron chi connectivity index (χ4n) is 2.49. The van der Waals surface area contributed by atoms with Gasteiger partial charge in [0.05, 0.1) is 11.6 Å². The SMILES string of the molecule is COc1ccc(/C=C2/N=C(c3ccc4c(c3)OCO4)OC2=O)cc1Br. The van der Waals surface area contributed by atoms with Gasteiger partial charge in [0.2, 0.25) is 12.7 Å². The number of nitrogens with zero attached hydrogens (tertiary/aromatic N) is 1. The van der Waals surface area contributed by atoms with E-state index in [1.807, 2.05) is 12.1 Å². The summed E-state index contributed by atoms with van der Waals surface area (Å²) < 4.78 is 21.9. The minimum Gasteiger partial charge on any atom is -0.496 e. The van der Waals surface area contributed by atoms with Crippen LogP contribution in [0.3, 0.4) is 0 Å². The van der Waals surface area contributed by atoms with E-state index in [9.17, 15) is 4.79 Å². The van der Waals surface area contributed by atoms with E-state index in [0.717, 1.165) is 10.0 Å². The summed E-state index contributed by atoms with van der Waals surface area (Å²) in [5.74, 6) is 1.71. The van der Waals surface area contributed by atoms with Crippen LogP contribution < -0.4 is 14.2 Å². The number of carbonyl (C=O) groups excluding carboxylic acids is 1. The third-order valence-electron chi connectivity index (χ3n) is 3.72. The molecule has 126 valence electrons. The number of hydrogen-bond donors (Lipinski definition) is 0. The Labute approximate surface area is 151 Å². The summed E-state index contributed by atoms with van der Waals surface area (Å²) in [7, 11) is 1.59. The lowest BCUT2D eigenvalue weighted by molar-refractivity contribution is -0.129. The first-order valence-electron chi connectivity index (χ1n) is 7.40. The Hall–Kier alpha value is -2.80. The van der Waals surface area contributed by atoms with Crippen molar-refractivity contribution in [3.05, 3.63) is 57.7 Å². The molecule has 2 heterocycles. The van der Waals surface area contributed by atoms with E-state index in [4.69, 9.17) is 18.9 Å². The first kappa shape index (κ1) is 15.7. The summed E-state index contributed by atoms with van der Waals surface area (Å²) >= 11 is 3.42. The third-order valence-corrected chi connectivity index (χ3v) is 4.34. The zero-order valence-electron chi connectivity index (χ0n) is 13.1. The molecule has 2 aromatic carbocycles. The Morgan fingerprint density at radius 3 is 2.80 bits per heavy atom. The molecule has 2 aliphatic heterocycles. The Bertz CT molecular complexity index is 935. The zero-order chi connectivity index (χ0) is 17.4. The Balaban J connectivity index is 1.65. The topological polar surface area (TPSA) is 66.3 Å². The molecule has 0 saturated carbocycles. The van der Waals surface area contributed by atoms with Gasteiger partial charge in [0.15, 0.2) is 17.2 Å². The number of benzene rings is 2. The van der Waals surface area contributed by atoms with Crippen molar-refractivity contribution in [3.63, 3.8) is 0 Å². The van der Waals surface area contributed by atoms with Crippen LogP contribution in [0.1, 0.15) is 11.1 Å². The smallest absolute Gasteiger partial charge is 0.363 e. The van der Waals surface area contributed by atoms with Gasteiger partial charge in [0.25, 0.3) is 0 Å². The Morgan fingerprint density at radius 2 is 2.00 bits per heavy atom. The molecule has 0 saturated heterocycles. The van der Waals surface area contributed by atoms with Gasteiger partial charge < -0.3 is 18.9 Å². The second-order valence-electron chi connectivity index (χ2n) is 5.30. The molecule has 6 nitrogen and oxygen atoms in total. The number of cyclic esters (lactones) is 1. The molecule has 0 bridgehead atoms. The van der Waals surface area contributed by atoms with Crippen molar-refractivity contribution in [1.82, 2.24) is 0 Å². The Morgan fingerprint density at radius 1 is 1.16 bits per heavy atom. The standard InChI is InChI=1S/C18H12BrNO5/c1-22-14-4-2-10(6-12(14)19)7-13-18(21)25-17(20-13)11-3-5-15-16(8-11)24-9-23-15/h2-8H,9H2,1H3/b13-7+. The molecular weight excluding hydrogens is 390 g/mol. The molecule has 0 unspecified atom stereocenters. The number of halogens is 1. The molecule has 0 N–H and O–H groups in total. The minimum atomic E-state index is -0.500. The van der Waals surface area contributed by atoms with Crippen molar-refractivity contribution < 1.29 is 23.7 Å². The summed E-state index contributed by atoms with van der Waals surface area (Å²) in [4.78, 5) is 16.4. The highest BCUT2D eigenvalue weighted by Gasteiger charge is 2.26. The number of esters is 1. The molecule has 4 rings (SSSR count). The zero-order valence-corrected chi connectivity index (χ0v) is 14.7. The number of hydrogen-bond acceptors (Lipinski definition) is 6. The van der Waals surface area contributed by atoms with Gasteiger partial charge in [-0.1, -0.05) is 6.07 Å². The normalized spacial score (nSPS) is 16.8. The van der Waals surface area contributed by atoms with Gasteiger partial charge in [0, 0.05) is 5.56 Å². The van der Waals surface area contributed by atoms with E-state index < -0.39 is 5.97 Å². The van der Waals surface area contributed by atoms with Gasteiger partial charge in [-0.3, -0.25) is 0 Å². The highest BCUT2D eigenvalue weighted by Crippen LogP contribution is 2.34. The second kappa shape index (κ2) is 6.25. The summed E-state index contributed by atoms with van der Waals surface area (Å²) in [6.45, 7) is 0.183. The maximum Gasteiger partial charge on any atom is 0.363 e. The maximum absolute atomic E-state index is 12.1. The van der Waals surface area contributed by atoms with E-state index in [0.29, 0.717) is 22.8 Å². The molecule has 0 aliphatic carbocycles. The molecule has 0 aromatic heterocycles. The molecule has 0 amide bonds. The van der Waals surface area contributed by atoms with Gasteiger partial charge in [-0.2, -0.15) is 0 Å². The van der Waals surface area contributed by atoms with Crippen LogP contribution in [0, 0.1) is 0 Å². The summed E-state index contributed by atoms with van der Waals surface area (Å²) in [5.41, 5.74) is 1.68. The number of aliphatic imine (C=N–C) groups is 1. The first-order valence-corrected chi connectivity index (χ1v) is 8.19. The summed E-state index contributed by atoms with van der Waals surface area (Å²) in [6, 6.07) is 10.7. The van der Waals surface area contributed by atoms with Crippen LogP contribution >= 0.6 is 15.9 Å². The molecule has 0 atom stereocenters. The predicted octanol–water partition coefficient (Wildman–Crippen LogP) is 3.53. The van der Waals surface area contributed by atoms with Gasteiger partial charge in [-0.25, -0.2) is 9.79 Å². The van der Waals surface area contributed by atoms with Crippen molar-refractivity contribution in [3.8, 4) is 17.2 Å². The molecule has 25 heavy (non-hydrogen) atoms. The Kier molecular flexibility index (Phi) is 3.93. The molecule has 0 radical (unpaired) electrons. The summed E-state index contributed by atoms with van der Waals surface area (Å²) in [5, 5.41) is 0. The number of ether oxygens (including phenoxy) is 4. The van der Waals surface area contributed by atoms with Crippen LogP contribution in [-0.2, 0) is 9.53 Å². The fourth-order valence-corrected chi connectivity index (χ4v) is 3.05.